The van der Waals surface area contributed by atoms with E-state index < -0.39 is 22.3 Å². The van der Waals surface area contributed by atoms with E-state index in [0.29, 0.717) is 29.9 Å². The highest BCUT2D eigenvalue weighted by Crippen LogP contribution is 2.46. The summed E-state index contributed by atoms with van der Waals surface area (Å²) in [5.74, 6) is -0.986. The molecule has 0 bridgehead atoms. The summed E-state index contributed by atoms with van der Waals surface area (Å²) in [4.78, 5) is 36.8. The number of Topliss-reactive ketones (excluding diaryl/α,β-unsaturated/α-hetero) is 1. The summed E-state index contributed by atoms with van der Waals surface area (Å²) in [6.07, 6.45) is 1.62. The van der Waals surface area contributed by atoms with Gasteiger partial charge in [-0.3, -0.25) is 19.7 Å². The molecule has 1 amide bonds. The first kappa shape index (κ1) is 24.3. The number of ether oxygens (including phenoxy) is 2. The van der Waals surface area contributed by atoms with Crippen LogP contribution in [-0.2, 0) is 9.59 Å². The van der Waals surface area contributed by atoms with Crippen LogP contribution in [0.25, 0.3) is 0 Å². The van der Waals surface area contributed by atoms with Crippen LogP contribution >= 0.6 is 0 Å². The Kier molecular flexibility index (Phi) is 7.04. The highest BCUT2D eigenvalue weighted by atomic mass is 16.6. The molecule has 2 atom stereocenters. The maximum absolute atomic E-state index is 13.4. The van der Waals surface area contributed by atoms with Crippen molar-refractivity contribution in [3.05, 3.63) is 68.9 Å². The van der Waals surface area contributed by atoms with Gasteiger partial charge in [0, 0.05) is 36.1 Å². The summed E-state index contributed by atoms with van der Waals surface area (Å²) in [6, 6.07) is 10.3. The van der Waals surface area contributed by atoms with E-state index in [2.05, 4.69) is 5.32 Å². The summed E-state index contributed by atoms with van der Waals surface area (Å²) in [5, 5.41) is 24.6. The molecule has 4 rings (SSSR count). The molecule has 1 heterocycles. The molecule has 0 saturated carbocycles. The highest BCUT2D eigenvalue weighted by molar-refractivity contribution is 6.02. The fourth-order valence-corrected chi connectivity index (χ4v) is 4.76. The van der Waals surface area contributed by atoms with Gasteiger partial charge in [-0.15, -0.1) is 0 Å². The molecule has 0 radical (unpaired) electrons. The van der Waals surface area contributed by atoms with Crippen molar-refractivity contribution in [2.24, 2.45) is 0 Å². The molecular formula is C26H28N2O7. The van der Waals surface area contributed by atoms with Gasteiger partial charge in [-0.05, 0) is 55.0 Å². The average Bonchev–Trinajstić information content (AvgIpc) is 2.83. The van der Waals surface area contributed by atoms with Crippen LogP contribution in [-0.4, -0.2) is 34.9 Å². The molecule has 0 fully saturated rings. The van der Waals surface area contributed by atoms with Crippen LogP contribution in [0.3, 0.4) is 0 Å². The van der Waals surface area contributed by atoms with Gasteiger partial charge in [0.2, 0.25) is 11.7 Å². The van der Waals surface area contributed by atoms with Gasteiger partial charge in [-0.1, -0.05) is 19.1 Å². The average molecular weight is 481 g/mol. The van der Waals surface area contributed by atoms with Crippen LogP contribution < -0.4 is 14.8 Å². The van der Waals surface area contributed by atoms with Crippen molar-refractivity contribution < 1.29 is 29.1 Å². The standard InChI is InChI=1S/C26H28N2O7/c1-3-9-35-18-7-5-15(6-8-18)16-10-20-25(22(29)12-16)19(14-24(30)27-20)17-11-21(28(32)33)26(31)23(13-17)34-4-2/h5-8,11,13,16,19,31H,3-4,9-10,12,14H2,1-2H3,(H,27,30). The third-order valence-corrected chi connectivity index (χ3v) is 6.34. The van der Waals surface area contributed by atoms with E-state index in [1.807, 2.05) is 31.2 Å². The second-order valence-electron chi connectivity index (χ2n) is 8.72. The fraction of sp³-hybridized carbons (Fsp3) is 0.385. The number of nitro groups is 1. The molecule has 1 aliphatic carbocycles. The minimum atomic E-state index is -0.702. The lowest BCUT2D eigenvalue weighted by molar-refractivity contribution is -0.386. The third-order valence-electron chi connectivity index (χ3n) is 6.34. The van der Waals surface area contributed by atoms with Crippen molar-refractivity contribution in [3.63, 3.8) is 0 Å². The van der Waals surface area contributed by atoms with Crippen molar-refractivity contribution in [1.82, 2.24) is 5.32 Å². The molecule has 2 aromatic rings. The number of benzene rings is 2. The third kappa shape index (κ3) is 4.99. The van der Waals surface area contributed by atoms with Crippen molar-refractivity contribution in [2.75, 3.05) is 13.2 Å². The predicted molar refractivity (Wildman–Crippen MR) is 128 cm³/mol. The Morgan fingerprint density at radius 2 is 1.80 bits per heavy atom. The first-order valence-electron chi connectivity index (χ1n) is 11.7. The van der Waals surface area contributed by atoms with Crippen molar-refractivity contribution in [3.8, 4) is 17.2 Å². The topological polar surface area (TPSA) is 128 Å². The monoisotopic (exact) mass is 480 g/mol. The number of nitrogens with one attached hydrogen (secondary N) is 1. The molecule has 2 aliphatic rings. The Morgan fingerprint density at radius 3 is 2.46 bits per heavy atom. The molecule has 0 aromatic heterocycles. The summed E-state index contributed by atoms with van der Waals surface area (Å²) < 4.78 is 11.0. The molecule has 1 aliphatic heterocycles. The quantitative estimate of drug-likeness (QED) is 0.421. The number of ketones is 1. The Labute approximate surface area is 202 Å². The van der Waals surface area contributed by atoms with E-state index in [9.17, 15) is 24.8 Å². The van der Waals surface area contributed by atoms with Gasteiger partial charge < -0.3 is 19.9 Å². The molecule has 184 valence electrons. The normalized spacial score (nSPS) is 19.7. The number of nitro benzene ring substituents is 1. The molecule has 9 heteroatoms. The molecule has 2 N–H and O–H groups in total. The first-order chi connectivity index (χ1) is 16.8. The highest BCUT2D eigenvalue weighted by Gasteiger charge is 2.39. The van der Waals surface area contributed by atoms with E-state index in [-0.39, 0.29) is 42.8 Å². The number of nitrogens with zero attached hydrogens (tertiary/aromatic N) is 1. The number of aromatic hydroxyl groups is 1. The summed E-state index contributed by atoms with van der Waals surface area (Å²) >= 11 is 0. The Balaban J connectivity index is 1.68. The number of carbonyl (C=O) groups excluding carboxylic acids is 2. The van der Waals surface area contributed by atoms with Gasteiger partial charge in [-0.2, -0.15) is 0 Å². The molecule has 9 nitrogen and oxygen atoms in total. The van der Waals surface area contributed by atoms with Gasteiger partial charge >= 0.3 is 5.69 Å². The van der Waals surface area contributed by atoms with Gasteiger partial charge in [0.15, 0.2) is 11.5 Å². The van der Waals surface area contributed by atoms with Crippen LogP contribution in [0.4, 0.5) is 5.69 Å². The number of amides is 1. The number of hydrogen-bond donors (Lipinski definition) is 2. The van der Waals surface area contributed by atoms with Crippen LogP contribution in [0, 0.1) is 10.1 Å². The molecule has 2 unspecified atom stereocenters. The van der Waals surface area contributed by atoms with Gasteiger partial charge in [0.25, 0.3) is 0 Å². The molecule has 35 heavy (non-hydrogen) atoms. The lowest BCUT2D eigenvalue weighted by atomic mass is 9.73. The number of allylic oxidation sites excluding steroid dienone is 2. The van der Waals surface area contributed by atoms with Gasteiger partial charge in [-0.25, -0.2) is 0 Å². The minimum absolute atomic E-state index is 0.0216. The number of carbonyl (C=O) groups is 2. The first-order valence-corrected chi connectivity index (χ1v) is 11.7. The predicted octanol–water partition coefficient (Wildman–Crippen LogP) is 4.49. The molecule has 0 saturated heterocycles. The van der Waals surface area contributed by atoms with Gasteiger partial charge in [0.1, 0.15) is 5.75 Å². The summed E-state index contributed by atoms with van der Waals surface area (Å²) in [7, 11) is 0. The van der Waals surface area contributed by atoms with Crippen LogP contribution in [0.5, 0.6) is 17.2 Å². The lowest BCUT2D eigenvalue weighted by Gasteiger charge is -2.34. The van der Waals surface area contributed by atoms with Crippen LogP contribution in [0.2, 0.25) is 0 Å². The van der Waals surface area contributed by atoms with E-state index in [1.54, 1.807) is 6.92 Å². The number of phenolic OH excluding ortho intramolecular Hbond substituents is 1. The van der Waals surface area contributed by atoms with E-state index in [4.69, 9.17) is 9.47 Å². The van der Waals surface area contributed by atoms with E-state index >= 15 is 0 Å². The van der Waals surface area contributed by atoms with Crippen molar-refractivity contribution in [2.45, 2.75) is 51.4 Å². The largest absolute Gasteiger partial charge is 0.500 e. The Morgan fingerprint density at radius 1 is 1.06 bits per heavy atom. The Bertz CT molecular complexity index is 1190. The number of hydrogen-bond acceptors (Lipinski definition) is 7. The maximum Gasteiger partial charge on any atom is 0.314 e. The second kappa shape index (κ2) is 10.2. The smallest absolute Gasteiger partial charge is 0.314 e. The van der Waals surface area contributed by atoms with Gasteiger partial charge in [0.05, 0.1) is 18.1 Å². The van der Waals surface area contributed by atoms with Crippen molar-refractivity contribution >= 4 is 17.4 Å². The summed E-state index contributed by atoms with van der Waals surface area (Å²) in [5.41, 5.74) is 1.86. The molecular weight excluding hydrogens is 452 g/mol. The number of phenols is 1. The fourth-order valence-electron chi connectivity index (χ4n) is 4.76. The zero-order valence-corrected chi connectivity index (χ0v) is 19.7. The van der Waals surface area contributed by atoms with Crippen LogP contribution in [0.1, 0.15) is 62.5 Å². The lowest BCUT2D eigenvalue weighted by Crippen LogP contribution is -2.38. The zero-order valence-electron chi connectivity index (χ0n) is 19.7. The molecule has 2 aromatic carbocycles. The summed E-state index contributed by atoms with van der Waals surface area (Å²) in [6.45, 7) is 4.55. The second-order valence-corrected chi connectivity index (χ2v) is 8.72. The minimum Gasteiger partial charge on any atom is -0.500 e. The maximum atomic E-state index is 13.4. The SMILES string of the molecule is CCCOc1ccc(C2CC(=O)C3=C(C2)NC(=O)CC3c2cc(OCC)c(O)c([N+](=O)[O-])c2)cc1. The molecule has 0 spiro atoms. The van der Waals surface area contributed by atoms with E-state index in [1.165, 1.54) is 12.1 Å². The Hall–Kier alpha value is -3.88. The van der Waals surface area contributed by atoms with E-state index in [0.717, 1.165) is 17.7 Å². The zero-order chi connectivity index (χ0) is 25.1. The van der Waals surface area contributed by atoms with Crippen LogP contribution in [0.15, 0.2) is 47.7 Å². The van der Waals surface area contributed by atoms with Crippen molar-refractivity contribution in [1.29, 1.82) is 0 Å². The number of rotatable bonds is 8.